The normalized spacial score (nSPS) is 12.1. The number of benzene rings is 1. The van der Waals surface area contributed by atoms with Crippen molar-refractivity contribution < 1.29 is 22.4 Å². The molecule has 0 amide bonds. The fourth-order valence-corrected chi connectivity index (χ4v) is 1.00. The smallest absolute Gasteiger partial charge is 0.380 e. The molecule has 0 aliphatic carbocycles. The standard InChI is InChI=1S/C10H6F4N2O/c11-8-3-1-7(2-4-8)9(10(12,13)14)16-17-6-5-15/h1-4H,6H2/b16-9-. The third-order valence-corrected chi connectivity index (χ3v) is 1.67. The van der Waals surface area contributed by atoms with Crippen LogP contribution in [-0.4, -0.2) is 18.5 Å². The Bertz CT molecular complexity index is 445. The van der Waals surface area contributed by atoms with Gasteiger partial charge in [-0.2, -0.15) is 18.4 Å². The number of nitrogens with zero attached hydrogens (tertiary/aromatic N) is 2. The predicted molar refractivity (Wildman–Crippen MR) is 50.6 cm³/mol. The maximum absolute atomic E-state index is 12.6. The van der Waals surface area contributed by atoms with Gasteiger partial charge in [0.2, 0.25) is 6.61 Å². The maximum atomic E-state index is 12.6. The Morgan fingerprint density at radius 2 is 1.88 bits per heavy atom. The average molecular weight is 246 g/mol. The first-order chi connectivity index (χ1) is 7.95. The van der Waals surface area contributed by atoms with Crippen LogP contribution in [0.4, 0.5) is 17.6 Å². The van der Waals surface area contributed by atoms with Gasteiger partial charge in [-0.3, -0.25) is 0 Å². The SMILES string of the molecule is N#CCO/N=C(/c1ccc(F)cc1)C(F)(F)F. The van der Waals surface area contributed by atoms with Crippen molar-refractivity contribution in [3.63, 3.8) is 0 Å². The molecule has 0 radical (unpaired) electrons. The van der Waals surface area contributed by atoms with E-state index < -0.39 is 24.3 Å². The van der Waals surface area contributed by atoms with E-state index in [2.05, 4.69) is 9.99 Å². The third-order valence-electron chi connectivity index (χ3n) is 1.67. The molecule has 0 saturated heterocycles. The Hall–Kier alpha value is -2.10. The van der Waals surface area contributed by atoms with Crippen molar-refractivity contribution in [3.05, 3.63) is 35.6 Å². The molecule has 90 valence electrons. The number of halogens is 4. The highest BCUT2D eigenvalue weighted by Crippen LogP contribution is 2.23. The maximum Gasteiger partial charge on any atom is 0.437 e. The van der Waals surface area contributed by atoms with Crippen LogP contribution in [0.25, 0.3) is 0 Å². The zero-order chi connectivity index (χ0) is 12.9. The van der Waals surface area contributed by atoms with Crippen LogP contribution >= 0.6 is 0 Å². The summed E-state index contributed by atoms with van der Waals surface area (Å²) >= 11 is 0. The minimum absolute atomic E-state index is 0.336. The van der Waals surface area contributed by atoms with Crippen LogP contribution in [0.5, 0.6) is 0 Å². The van der Waals surface area contributed by atoms with Gasteiger partial charge in [0.15, 0.2) is 5.71 Å². The van der Waals surface area contributed by atoms with E-state index in [-0.39, 0.29) is 5.56 Å². The zero-order valence-corrected chi connectivity index (χ0v) is 8.33. The van der Waals surface area contributed by atoms with Gasteiger partial charge in [0.1, 0.15) is 11.9 Å². The van der Waals surface area contributed by atoms with Crippen LogP contribution in [0.3, 0.4) is 0 Å². The van der Waals surface area contributed by atoms with Gasteiger partial charge in [-0.1, -0.05) is 5.16 Å². The molecule has 0 aromatic heterocycles. The lowest BCUT2D eigenvalue weighted by Gasteiger charge is -2.09. The quantitative estimate of drug-likeness (QED) is 0.356. The lowest BCUT2D eigenvalue weighted by molar-refractivity contribution is -0.0611. The molecule has 1 aromatic carbocycles. The number of nitriles is 1. The van der Waals surface area contributed by atoms with Gasteiger partial charge in [-0.25, -0.2) is 4.39 Å². The summed E-state index contributed by atoms with van der Waals surface area (Å²) in [5.41, 5.74) is -1.65. The molecule has 0 N–H and O–H groups in total. The van der Waals surface area contributed by atoms with Crippen LogP contribution < -0.4 is 0 Å². The fraction of sp³-hybridized carbons (Fsp3) is 0.200. The van der Waals surface area contributed by atoms with Crippen molar-refractivity contribution in [2.45, 2.75) is 6.18 Å². The molecule has 0 unspecified atom stereocenters. The van der Waals surface area contributed by atoms with Crippen LogP contribution in [0.1, 0.15) is 5.56 Å². The van der Waals surface area contributed by atoms with Gasteiger partial charge in [0.05, 0.1) is 0 Å². The second kappa shape index (κ2) is 5.30. The molecule has 0 aliphatic heterocycles. The molecule has 0 bridgehead atoms. The number of hydrogen-bond donors (Lipinski definition) is 0. The minimum Gasteiger partial charge on any atom is -0.380 e. The van der Waals surface area contributed by atoms with Crippen molar-refractivity contribution in [1.29, 1.82) is 5.26 Å². The summed E-state index contributed by atoms with van der Waals surface area (Å²) in [5.74, 6) is -0.659. The molecule has 0 spiro atoms. The summed E-state index contributed by atoms with van der Waals surface area (Å²) in [6.07, 6.45) is -4.74. The minimum atomic E-state index is -4.74. The molecule has 0 heterocycles. The Balaban J connectivity index is 3.03. The predicted octanol–water partition coefficient (Wildman–Crippen LogP) is 2.63. The lowest BCUT2D eigenvalue weighted by atomic mass is 10.1. The van der Waals surface area contributed by atoms with Crippen LogP contribution in [0.2, 0.25) is 0 Å². The summed E-state index contributed by atoms with van der Waals surface area (Å²) < 4.78 is 50.2. The van der Waals surface area contributed by atoms with E-state index in [1.165, 1.54) is 6.07 Å². The molecule has 0 aliphatic rings. The van der Waals surface area contributed by atoms with Gasteiger partial charge in [-0.05, 0) is 24.3 Å². The summed E-state index contributed by atoms with van der Waals surface area (Å²) in [4.78, 5) is 4.17. The monoisotopic (exact) mass is 246 g/mol. The van der Waals surface area contributed by atoms with E-state index in [1.54, 1.807) is 0 Å². The number of hydrogen-bond acceptors (Lipinski definition) is 3. The molecule has 1 aromatic rings. The highest BCUT2D eigenvalue weighted by molar-refractivity contribution is 6.04. The summed E-state index contributed by atoms with van der Waals surface area (Å²) in [6, 6.07) is 5.09. The van der Waals surface area contributed by atoms with Crippen molar-refractivity contribution in [1.82, 2.24) is 0 Å². The van der Waals surface area contributed by atoms with E-state index >= 15 is 0 Å². The van der Waals surface area contributed by atoms with E-state index in [1.807, 2.05) is 0 Å². The average Bonchev–Trinajstić information content (AvgIpc) is 2.25. The molecule has 1 rings (SSSR count). The summed E-state index contributed by atoms with van der Waals surface area (Å²) in [5, 5.41) is 10.9. The topological polar surface area (TPSA) is 45.4 Å². The van der Waals surface area contributed by atoms with Crippen molar-refractivity contribution >= 4 is 5.71 Å². The van der Waals surface area contributed by atoms with Crippen molar-refractivity contribution in [2.75, 3.05) is 6.61 Å². The number of alkyl halides is 3. The Morgan fingerprint density at radius 3 is 2.35 bits per heavy atom. The first-order valence-corrected chi connectivity index (χ1v) is 4.35. The van der Waals surface area contributed by atoms with Crippen LogP contribution in [0.15, 0.2) is 29.4 Å². The first kappa shape index (κ1) is 13.0. The Morgan fingerprint density at radius 1 is 1.29 bits per heavy atom. The van der Waals surface area contributed by atoms with Gasteiger partial charge < -0.3 is 4.84 Å². The Kier molecular flexibility index (Phi) is 4.04. The molecule has 0 fully saturated rings. The largest absolute Gasteiger partial charge is 0.437 e. The Labute approximate surface area is 93.9 Å². The van der Waals surface area contributed by atoms with Crippen LogP contribution in [-0.2, 0) is 4.84 Å². The molecule has 3 nitrogen and oxygen atoms in total. The van der Waals surface area contributed by atoms with Gasteiger partial charge in [0.25, 0.3) is 0 Å². The zero-order valence-electron chi connectivity index (χ0n) is 8.33. The molecular formula is C10H6F4N2O. The summed E-state index contributed by atoms with van der Waals surface area (Å²) in [6.45, 7) is -0.596. The van der Waals surface area contributed by atoms with E-state index in [4.69, 9.17) is 5.26 Å². The highest BCUT2D eigenvalue weighted by Gasteiger charge is 2.37. The van der Waals surface area contributed by atoms with Crippen LogP contribution in [0, 0.1) is 17.1 Å². The molecular weight excluding hydrogens is 240 g/mol. The van der Waals surface area contributed by atoms with E-state index in [0.29, 0.717) is 0 Å². The molecule has 0 atom stereocenters. The highest BCUT2D eigenvalue weighted by atomic mass is 19.4. The van der Waals surface area contributed by atoms with E-state index in [0.717, 1.165) is 24.3 Å². The van der Waals surface area contributed by atoms with Gasteiger partial charge in [-0.15, -0.1) is 0 Å². The number of rotatable bonds is 3. The fourth-order valence-electron chi connectivity index (χ4n) is 1.00. The molecule has 0 saturated carbocycles. The third kappa shape index (κ3) is 3.75. The summed E-state index contributed by atoms with van der Waals surface area (Å²) in [7, 11) is 0. The second-order valence-electron chi connectivity index (χ2n) is 2.88. The molecule has 17 heavy (non-hydrogen) atoms. The van der Waals surface area contributed by atoms with Crippen molar-refractivity contribution in [2.24, 2.45) is 5.16 Å². The molecule has 7 heteroatoms. The van der Waals surface area contributed by atoms with Gasteiger partial charge >= 0.3 is 6.18 Å². The van der Waals surface area contributed by atoms with Gasteiger partial charge in [0, 0.05) is 5.56 Å². The second-order valence-corrected chi connectivity index (χ2v) is 2.88. The lowest BCUT2D eigenvalue weighted by Crippen LogP contribution is -2.24. The number of oxime groups is 1. The first-order valence-electron chi connectivity index (χ1n) is 4.35. The van der Waals surface area contributed by atoms with Crippen molar-refractivity contribution in [3.8, 4) is 6.07 Å². The van der Waals surface area contributed by atoms with E-state index in [9.17, 15) is 17.6 Å².